The summed E-state index contributed by atoms with van der Waals surface area (Å²) in [6.07, 6.45) is 1.81. The Hall–Kier alpha value is -2.46. The van der Waals surface area contributed by atoms with Crippen LogP contribution in [0.4, 0.5) is 11.4 Å². The normalized spacial score (nSPS) is 18.4. The Morgan fingerprint density at radius 3 is 2.47 bits per heavy atom. The number of pyridine rings is 1. The number of carbonyl (C=O) groups is 1. The van der Waals surface area contributed by atoms with Gasteiger partial charge in [0, 0.05) is 45.0 Å². The molecule has 0 radical (unpaired) electrons. The highest BCUT2D eigenvalue weighted by molar-refractivity contribution is 14.1. The van der Waals surface area contributed by atoms with Gasteiger partial charge >= 0.3 is 0 Å². The van der Waals surface area contributed by atoms with Crippen LogP contribution in [0.5, 0.6) is 0 Å². The van der Waals surface area contributed by atoms with Crippen LogP contribution in [0.3, 0.4) is 0 Å². The van der Waals surface area contributed by atoms with E-state index in [1.807, 2.05) is 48.7 Å². The third-order valence-electron chi connectivity index (χ3n) is 5.20. The zero-order chi connectivity index (χ0) is 21.4. The van der Waals surface area contributed by atoms with Crippen LogP contribution in [0, 0.1) is 17.4 Å². The minimum Gasteiger partial charge on any atom is -0.362 e. The highest BCUT2D eigenvalue weighted by atomic mass is 127. The number of H-pyrrole nitrogens is 1. The van der Waals surface area contributed by atoms with E-state index in [1.165, 1.54) is 16.1 Å². The first-order valence-electron chi connectivity index (χ1n) is 9.59. The summed E-state index contributed by atoms with van der Waals surface area (Å²) >= 11 is 8.18. The number of nitrogens with one attached hydrogen (secondary N) is 3. The topological polar surface area (TPSA) is 73.1 Å². The number of halogens is 1. The van der Waals surface area contributed by atoms with Crippen LogP contribution < -0.4 is 15.5 Å². The molecule has 0 spiro atoms. The first-order valence-corrected chi connectivity index (χ1v) is 11.1. The molecule has 0 unspecified atom stereocenters. The maximum atomic E-state index is 11.4. The number of nitrogens with zero attached hydrogens (tertiary/aromatic N) is 2. The van der Waals surface area contributed by atoms with Crippen LogP contribution in [0.1, 0.15) is 41.7 Å². The molecule has 1 saturated heterocycles. The van der Waals surface area contributed by atoms with Gasteiger partial charge in [0.05, 0.1) is 17.8 Å². The molecule has 6 nitrogen and oxygen atoms in total. The molecule has 3 aromatic rings. The minimum atomic E-state index is -0.0952. The van der Waals surface area contributed by atoms with Gasteiger partial charge in [0.25, 0.3) is 0 Å². The smallest absolute Gasteiger partial charge is 0.221 e. The van der Waals surface area contributed by atoms with Crippen LogP contribution >= 0.6 is 34.8 Å². The molecule has 1 fully saturated rings. The fraction of sp³-hybridized carbons (Fsp3) is 0.227. The third kappa shape index (κ3) is 3.81. The van der Waals surface area contributed by atoms with Gasteiger partial charge in [-0.2, -0.15) is 0 Å². The zero-order valence-electron chi connectivity index (χ0n) is 16.9. The molecule has 2 aromatic heterocycles. The Kier molecular flexibility index (Phi) is 5.79. The van der Waals surface area contributed by atoms with E-state index in [1.54, 1.807) is 0 Å². The Bertz CT molecular complexity index is 1100. The predicted molar refractivity (Wildman–Crippen MR) is 132 cm³/mol. The average molecular weight is 531 g/mol. The van der Waals surface area contributed by atoms with Gasteiger partial charge in [-0.05, 0) is 85.1 Å². The number of hydrogen-bond donors (Lipinski definition) is 3. The lowest BCUT2D eigenvalue weighted by Gasteiger charge is -2.28. The van der Waals surface area contributed by atoms with E-state index in [2.05, 4.69) is 61.9 Å². The molecular formula is C22H22IN5OS. The Balaban J connectivity index is 1.81. The largest absolute Gasteiger partial charge is 0.362 e. The van der Waals surface area contributed by atoms with Gasteiger partial charge in [-0.15, -0.1) is 0 Å². The maximum absolute atomic E-state index is 11.4. The average Bonchev–Trinajstić information content (AvgIpc) is 3.18. The summed E-state index contributed by atoms with van der Waals surface area (Å²) in [6, 6.07) is 13.5. The first kappa shape index (κ1) is 20.8. The maximum Gasteiger partial charge on any atom is 0.221 e. The van der Waals surface area contributed by atoms with Gasteiger partial charge < -0.3 is 20.5 Å². The number of rotatable bonds is 4. The molecule has 0 aliphatic carbocycles. The zero-order valence-corrected chi connectivity index (χ0v) is 19.8. The number of aryl methyl sites for hydroxylation is 2. The summed E-state index contributed by atoms with van der Waals surface area (Å²) in [5, 5.41) is 6.95. The lowest BCUT2D eigenvalue weighted by Crippen LogP contribution is -2.29. The van der Waals surface area contributed by atoms with Crippen LogP contribution in [0.25, 0.3) is 0 Å². The van der Waals surface area contributed by atoms with Gasteiger partial charge in [0.15, 0.2) is 5.11 Å². The quantitative estimate of drug-likeness (QED) is 0.335. The van der Waals surface area contributed by atoms with E-state index in [0.29, 0.717) is 5.11 Å². The van der Waals surface area contributed by atoms with Crippen molar-refractivity contribution in [3.8, 4) is 0 Å². The summed E-state index contributed by atoms with van der Waals surface area (Å²) in [4.78, 5) is 21.6. The van der Waals surface area contributed by atoms with Crippen molar-refractivity contribution in [1.82, 2.24) is 15.3 Å². The summed E-state index contributed by atoms with van der Waals surface area (Å²) in [5.74, 6) is -0.0952. The van der Waals surface area contributed by atoms with Crippen molar-refractivity contribution < 1.29 is 4.79 Å². The van der Waals surface area contributed by atoms with Crippen molar-refractivity contribution in [3.05, 3.63) is 74.9 Å². The van der Waals surface area contributed by atoms with Gasteiger partial charge in [-0.3, -0.25) is 9.78 Å². The van der Waals surface area contributed by atoms with Crippen molar-refractivity contribution >= 4 is 57.2 Å². The molecule has 154 valence electrons. The molecule has 3 heterocycles. The monoisotopic (exact) mass is 531 g/mol. The van der Waals surface area contributed by atoms with Crippen molar-refractivity contribution in [1.29, 1.82) is 0 Å². The van der Waals surface area contributed by atoms with Crippen LogP contribution in [-0.4, -0.2) is 21.0 Å². The highest BCUT2D eigenvalue weighted by Crippen LogP contribution is 2.44. The lowest BCUT2D eigenvalue weighted by atomic mass is 9.96. The van der Waals surface area contributed by atoms with E-state index < -0.39 is 0 Å². The molecule has 1 aromatic carbocycles. The van der Waals surface area contributed by atoms with E-state index in [9.17, 15) is 4.79 Å². The Morgan fingerprint density at radius 1 is 1.17 bits per heavy atom. The van der Waals surface area contributed by atoms with Crippen molar-refractivity contribution in [2.24, 2.45) is 0 Å². The number of amides is 1. The van der Waals surface area contributed by atoms with Crippen LogP contribution in [0.2, 0.25) is 0 Å². The third-order valence-corrected chi connectivity index (χ3v) is 6.91. The summed E-state index contributed by atoms with van der Waals surface area (Å²) < 4.78 is 1.20. The molecule has 0 saturated carbocycles. The molecule has 2 atom stereocenters. The second-order valence-corrected chi connectivity index (χ2v) is 8.79. The van der Waals surface area contributed by atoms with Crippen molar-refractivity contribution in [3.63, 3.8) is 0 Å². The number of aromatic nitrogens is 2. The van der Waals surface area contributed by atoms with Crippen LogP contribution in [-0.2, 0) is 4.79 Å². The van der Waals surface area contributed by atoms with Gasteiger partial charge in [-0.1, -0.05) is 6.07 Å². The standard InChI is InChI=1S/C22H22IN5OS/c1-12-18(19(23)13(2)25-12)21-20(17-6-4-5-11-24-17)27-22(30)28(21)16-9-7-15(8-10-16)26-14(3)29/h4-11,20-21,25H,1-3H3,(H,26,29)(H,27,30)/t20-,21-/m1/s1. The van der Waals surface area contributed by atoms with E-state index in [0.717, 1.165) is 28.5 Å². The van der Waals surface area contributed by atoms with Gasteiger partial charge in [0.1, 0.15) is 0 Å². The SMILES string of the molecule is CC(=O)Nc1ccc(N2C(=S)N[C@H](c3ccccn3)[C@H]2c2c(C)[nH]c(C)c2I)cc1. The van der Waals surface area contributed by atoms with E-state index in [-0.39, 0.29) is 18.0 Å². The van der Waals surface area contributed by atoms with Gasteiger partial charge in [-0.25, -0.2) is 0 Å². The van der Waals surface area contributed by atoms with E-state index in [4.69, 9.17) is 12.2 Å². The number of benzene rings is 1. The van der Waals surface area contributed by atoms with Crippen LogP contribution in [0.15, 0.2) is 48.7 Å². The van der Waals surface area contributed by atoms with Gasteiger partial charge in [0.2, 0.25) is 5.91 Å². The number of anilines is 2. The molecular weight excluding hydrogens is 509 g/mol. The number of thiocarbonyl (C=S) groups is 1. The second-order valence-electron chi connectivity index (χ2n) is 7.33. The Morgan fingerprint density at radius 2 is 1.90 bits per heavy atom. The fourth-order valence-corrected chi connectivity index (χ4v) is 5.16. The molecule has 0 bridgehead atoms. The number of hydrogen-bond acceptors (Lipinski definition) is 3. The molecule has 3 N–H and O–H groups in total. The number of carbonyl (C=O) groups excluding carboxylic acids is 1. The first-order chi connectivity index (χ1) is 14.4. The molecule has 1 aliphatic heterocycles. The molecule has 30 heavy (non-hydrogen) atoms. The summed E-state index contributed by atoms with van der Waals surface area (Å²) in [7, 11) is 0. The molecule has 8 heteroatoms. The fourth-order valence-electron chi connectivity index (χ4n) is 3.96. The number of aromatic amines is 1. The molecule has 4 rings (SSSR count). The molecule has 1 amide bonds. The van der Waals surface area contributed by atoms with Crippen molar-refractivity contribution in [2.45, 2.75) is 32.9 Å². The van der Waals surface area contributed by atoms with Crippen molar-refractivity contribution in [2.75, 3.05) is 10.2 Å². The lowest BCUT2D eigenvalue weighted by molar-refractivity contribution is -0.114. The van der Waals surface area contributed by atoms with E-state index >= 15 is 0 Å². The summed E-state index contributed by atoms with van der Waals surface area (Å²) in [6.45, 7) is 5.68. The summed E-state index contributed by atoms with van der Waals surface area (Å²) in [5.41, 5.74) is 6.12. The highest BCUT2D eigenvalue weighted by Gasteiger charge is 2.42. The predicted octanol–water partition coefficient (Wildman–Crippen LogP) is 4.77. The second kappa shape index (κ2) is 8.35. The molecule has 1 aliphatic rings. The minimum absolute atomic E-state index is 0.0594. The Labute approximate surface area is 194 Å².